The van der Waals surface area contributed by atoms with Crippen LogP contribution in [0.3, 0.4) is 0 Å². The van der Waals surface area contributed by atoms with Crippen LogP contribution in [0.4, 0.5) is 22.0 Å². The molecule has 0 unspecified atom stereocenters. The zero-order valence-corrected chi connectivity index (χ0v) is 38.3. The maximum absolute atomic E-state index is 13.0. The fraction of sp³-hybridized carbons (Fsp3) is 0.429. The molecule has 2 aromatic carbocycles. The molecule has 0 saturated carbocycles. The molecule has 0 aliphatic carbocycles. The van der Waals surface area contributed by atoms with Crippen molar-refractivity contribution in [1.82, 2.24) is 45.6 Å². The van der Waals surface area contributed by atoms with Crippen LogP contribution >= 0.6 is 0 Å². The standard InChI is InChI=1S/C49H54N12O6/c1-27-16-30(6-8-35(27)28(2)53-45(63)46-56-47(57-67-46)49(3,4)5)42-36-20-37(54-43(36)52-26-51-42)31-18-40-44(50-21-31)60-15-14-58(23-34(60)25-66-40)22-29-10-12-59-33(17-29)24-65-39-19-32(7-9-38(39)59)61-13-11-41(62)55-48(61)64/h6-9,16,18-21,26,28-29,33-34H,10-15,17,22-25H2,1-5H3,(H,53,63)(H,51,52,54)(H,55,62,64)/t28-,29+,33+,34-/m1/s1. The lowest BCUT2D eigenvalue weighted by Gasteiger charge is -2.48. The lowest BCUT2D eigenvalue weighted by atomic mass is 9.89. The SMILES string of the molecule is Cc1cc(-c2ncnc3[nH]c(-c4cnc5c(c4)OC[C@H]4CN(C[C@H]6CCN7c8ccc(N9CCC(=O)NC9=O)cc8OC[C@@H]7C6)CCN54)cc23)ccc1[C@@H](C)NC(=O)c1nc(C(C)(C)C)no1. The average molecular weight is 907 g/mol. The molecule has 4 atom stereocenters. The first-order valence-corrected chi connectivity index (χ1v) is 23.2. The number of benzene rings is 2. The predicted octanol–water partition coefficient (Wildman–Crippen LogP) is 6.17. The minimum absolute atomic E-state index is 0.0562. The number of nitrogens with zero attached hydrogens (tertiary/aromatic N) is 9. The smallest absolute Gasteiger partial charge is 0.328 e. The van der Waals surface area contributed by atoms with Crippen LogP contribution in [0, 0.1) is 12.8 Å². The number of nitrogens with one attached hydrogen (secondary N) is 3. The maximum Gasteiger partial charge on any atom is 0.328 e. The average Bonchev–Trinajstić information content (AvgIpc) is 4.01. The summed E-state index contributed by atoms with van der Waals surface area (Å²) in [5, 5.41) is 10.3. The molecule has 5 aliphatic rings. The Morgan fingerprint density at radius 2 is 1.78 bits per heavy atom. The van der Waals surface area contributed by atoms with Crippen LogP contribution < -0.4 is 34.8 Å². The van der Waals surface area contributed by atoms with Gasteiger partial charge in [-0.1, -0.05) is 38.1 Å². The molecule has 18 nitrogen and oxygen atoms in total. The monoisotopic (exact) mass is 906 g/mol. The number of hydrogen-bond acceptors (Lipinski definition) is 14. The molecule has 3 N–H and O–H groups in total. The van der Waals surface area contributed by atoms with Gasteiger partial charge in [0, 0.05) is 91.3 Å². The van der Waals surface area contributed by atoms with Crippen LogP contribution in [0.1, 0.15) is 80.6 Å². The first-order chi connectivity index (χ1) is 32.3. The number of piperazine rings is 1. The van der Waals surface area contributed by atoms with E-state index in [-0.39, 0.29) is 41.7 Å². The number of rotatable bonds is 8. The van der Waals surface area contributed by atoms with E-state index >= 15 is 0 Å². The lowest BCUT2D eigenvalue weighted by Crippen LogP contribution is -2.58. The Hall–Kier alpha value is -7.08. The third-order valence-electron chi connectivity index (χ3n) is 13.9. The van der Waals surface area contributed by atoms with Gasteiger partial charge in [-0.05, 0) is 74.1 Å². The van der Waals surface area contributed by atoms with Crippen LogP contribution in [0.15, 0.2) is 65.6 Å². The first kappa shape index (κ1) is 42.5. The van der Waals surface area contributed by atoms with Gasteiger partial charge < -0.3 is 34.1 Å². The number of pyridine rings is 1. The predicted molar refractivity (Wildman–Crippen MR) is 251 cm³/mol. The number of urea groups is 1. The zero-order valence-electron chi connectivity index (χ0n) is 38.3. The highest BCUT2D eigenvalue weighted by Crippen LogP contribution is 2.42. The third-order valence-corrected chi connectivity index (χ3v) is 13.9. The summed E-state index contributed by atoms with van der Waals surface area (Å²) in [7, 11) is 0. The Balaban J connectivity index is 0.716. The Bertz CT molecular complexity index is 2920. The summed E-state index contributed by atoms with van der Waals surface area (Å²) in [4.78, 5) is 68.3. The number of amides is 4. The van der Waals surface area contributed by atoms with E-state index in [0.717, 1.165) is 119 Å². The summed E-state index contributed by atoms with van der Waals surface area (Å²) in [6.07, 6.45) is 5.92. The Labute approximate surface area is 387 Å². The maximum atomic E-state index is 13.0. The molecule has 4 amide bonds. The molecule has 9 heterocycles. The summed E-state index contributed by atoms with van der Waals surface area (Å²) in [6.45, 7) is 16.2. The van der Waals surface area contributed by atoms with E-state index in [0.29, 0.717) is 37.5 Å². The number of carbonyl (C=O) groups is 3. The number of imide groups is 1. The zero-order chi connectivity index (χ0) is 46.1. The van der Waals surface area contributed by atoms with Gasteiger partial charge in [0.1, 0.15) is 30.9 Å². The second kappa shape index (κ2) is 16.7. The Morgan fingerprint density at radius 3 is 2.60 bits per heavy atom. The molecule has 11 rings (SSSR count). The number of carbonyl (C=O) groups excluding carboxylic acids is 3. The van der Waals surface area contributed by atoms with E-state index in [1.807, 2.05) is 65.1 Å². The summed E-state index contributed by atoms with van der Waals surface area (Å²) in [6, 6.07) is 16.0. The van der Waals surface area contributed by atoms with E-state index in [9.17, 15) is 14.4 Å². The molecular weight excluding hydrogens is 853 g/mol. The highest BCUT2D eigenvalue weighted by Gasteiger charge is 2.39. The molecule has 6 aromatic rings. The van der Waals surface area contributed by atoms with Gasteiger partial charge >= 0.3 is 17.8 Å². The van der Waals surface area contributed by atoms with Gasteiger partial charge in [-0.15, -0.1) is 0 Å². The molecule has 0 spiro atoms. The fourth-order valence-corrected chi connectivity index (χ4v) is 10.4. The van der Waals surface area contributed by atoms with Gasteiger partial charge in [-0.2, -0.15) is 4.98 Å². The molecule has 18 heteroatoms. The molecule has 3 fully saturated rings. The Morgan fingerprint density at radius 1 is 0.925 bits per heavy atom. The number of piperidine rings is 1. The third kappa shape index (κ3) is 8.06. The van der Waals surface area contributed by atoms with Gasteiger partial charge in [0.2, 0.25) is 5.91 Å². The number of aromatic nitrogens is 6. The lowest BCUT2D eigenvalue weighted by molar-refractivity contribution is -0.120. The minimum atomic E-state index is -0.418. The molecule has 346 valence electrons. The molecular formula is C49H54N12O6. The largest absolute Gasteiger partial charge is 0.489 e. The second-order valence-corrected chi connectivity index (χ2v) is 19.5. The number of anilines is 3. The topological polar surface area (TPSA) is 200 Å². The van der Waals surface area contributed by atoms with Crippen molar-refractivity contribution in [2.24, 2.45) is 5.92 Å². The van der Waals surface area contributed by atoms with Gasteiger partial charge in [-0.25, -0.2) is 19.7 Å². The van der Waals surface area contributed by atoms with Crippen molar-refractivity contribution in [2.45, 2.75) is 77.4 Å². The van der Waals surface area contributed by atoms with Crippen molar-refractivity contribution in [3.8, 4) is 34.0 Å². The van der Waals surface area contributed by atoms with Gasteiger partial charge in [0.25, 0.3) is 0 Å². The number of aryl methyl sites for hydroxylation is 1. The van der Waals surface area contributed by atoms with E-state index in [2.05, 4.69) is 69.7 Å². The quantitative estimate of drug-likeness (QED) is 0.157. The van der Waals surface area contributed by atoms with Crippen LogP contribution in [0.2, 0.25) is 0 Å². The molecule has 4 aromatic heterocycles. The van der Waals surface area contributed by atoms with Gasteiger partial charge in [-0.3, -0.25) is 24.7 Å². The Kier molecular flexibility index (Phi) is 10.6. The van der Waals surface area contributed by atoms with Gasteiger partial charge in [0.05, 0.1) is 29.5 Å². The molecule has 0 radical (unpaired) electrons. The normalized spacial score (nSPS) is 21.1. The van der Waals surface area contributed by atoms with E-state index in [1.165, 1.54) is 0 Å². The van der Waals surface area contributed by atoms with E-state index in [1.54, 1.807) is 11.2 Å². The van der Waals surface area contributed by atoms with Crippen molar-refractivity contribution in [3.63, 3.8) is 0 Å². The van der Waals surface area contributed by atoms with E-state index in [4.69, 9.17) is 24.0 Å². The summed E-state index contributed by atoms with van der Waals surface area (Å²) < 4.78 is 18.0. The number of hydrogen-bond donors (Lipinski definition) is 3. The van der Waals surface area contributed by atoms with Crippen molar-refractivity contribution in [3.05, 3.63) is 83.9 Å². The number of H-pyrrole nitrogens is 1. The van der Waals surface area contributed by atoms with Crippen molar-refractivity contribution >= 4 is 46.1 Å². The van der Waals surface area contributed by atoms with Crippen molar-refractivity contribution in [2.75, 3.05) is 67.2 Å². The minimum Gasteiger partial charge on any atom is -0.489 e. The second-order valence-electron chi connectivity index (χ2n) is 19.5. The highest BCUT2D eigenvalue weighted by molar-refractivity contribution is 6.05. The molecule has 67 heavy (non-hydrogen) atoms. The summed E-state index contributed by atoms with van der Waals surface area (Å²) >= 11 is 0. The molecule has 0 bridgehead atoms. The number of aromatic amines is 1. The van der Waals surface area contributed by atoms with Crippen LogP contribution in [-0.2, 0) is 10.2 Å². The summed E-state index contributed by atoms with van der Waals surface area (Å²) in [5.74, 6) is 2.77. The fourth-order valence-electron chi connectivity index (χ4n) is 10.4. The van der Waals surface area contributed by atoms with Gasteiger partial charge in [0.15, 0.2) is 17.4 Å². The van der Waals surface area contributed by atoms with Crippen LogP contribution in [-0.4, -0.2) is 117 Å². The highest BCUT2D eigenvalue weighted by atomic mass is 16.5. The molecule has 5 aliphatic heterocycles. The first-order valence-electron chi connectivity index (χ1n) is 23.2. The number of fused-ring (bicyclic) bond motifs is 7. The molecule has 3 saturated heterocycles. The van der Waals surface area contributed by atoms with Crippen LogP contribution in [0.5, 0.6) is 11.5 Å². The van der Waals surface area contributed by atoms with Crippen molar-refractivity contribution < 1.29 is 28.4 Å². The number of ether oxygens (including phenoxy) is 2. The summed E-state index contributed by atoms with van der Waals surface area (Å²) in [5.41, 5.74) is 7.67. The van der Waals surface area contributed by atoms with Crippen LogP contribution in [0.25, 0.3) is 33.5 Å². The van der Waals surface area contributed by atoms with E-state index < -0.39 is 5.91 Å². The van der Waals surface area contributed by atoms with Crippen molar-refractivity contribution in [1.29, 1.82) is 0 Å².